The number of hydrogen-bond donors (Lipinski definition) is 2. The Hall–Kier alpha value is -3.28. The van der Waals surface area contributed by atoms with E-state index in [-0.39, 0.29) is 18.0 Å². The van der Waals surface area contributed by atoms with Crippen LogP contribution in [-0.2, 0) is 22.5 Å². The van der Waals surface area contributed by atoms with Crippen LogP contribution in [0.4, 0.5) is 16.3 Å². The smallest absolute Gasteiger partial charge is 0.319 e. The van der Waals surface area contributed by atoms with Crippen molar-refractivity contribution in [2.24, 2.45) is 0 Å². The molecule has 1 aromatic heterocycles. The van der Waals surface area contributed by atoms with E-state index in [2.05, 4.69) is 39.3 Å². The number of carbonyl (C=O) groups excluding carboxylic acids is 2. The van der Waals surface area contributed by atoms with E-state index in [1.54, 1.807) is 0 Å². The average Bonchev–Trinajstić information content (AvgIpc) is 2.93. The van der Waals surface area contributed by atoms with Crippen LogP contribution in [0.15, 0.2) is 24.3 Å². The SMILES string of the molecule is CCNC(=O)Nc1ccc(-c2nc3c(c(N4CCOC[C@@H]4C)n2)CCN(CC(=O)N2CCN(C)CC2)C3)cc1. The van der Waals surface area contributed by atoms with Gasteiger partial charge in [0.05, 0.1) is 31.5 Å². The predicted molar refractivity (Wildman–Crippen MR) is 151 cm³/mol. The Morgan fingerprint density at radius 3 is 2.54 bits per heavy atom. The maximum Gasteiger partial charge on any atom is 0.319 e. The quantitative estimate of drug-likeness (QED) is 0.574. The highest BCUT2D eigenvalue weighted by atomic mass is 16.5. The fourth-order valence-electron chi connectivity index (χ4n) is 5.39. The Morgan fingerprint density at radius 1 is 1.05 bits per heavy atom. The molecule has 0 unspecified atom stereocenters. The number of carbonyl (C=O) groups is 2. The lowest BCUT2D eigenvalue weighted by Gasteiger charge is -2.38. The Labute approximate surface area is 230 Å². The van der Waals surface area contributed by atoms with Crippen molar-refractivity contribution in [1.29, 1.82) is 0 Å². The van der Waals surface area contributed by atoms with E-state index in [1.165, 1.54) is 5.56 Å². The number of fused-ring (bicyclic) bond motifs is 1. The summed E-state index contributed by atoms with van der Waals surface area (Å²) in [5.74, 6) is 1.82. The molecule has 3 aliphatic rings. The number of likely N-dealkylation sites (N-methyl/N-ethyl adjacent to an activating group) is 1. The Bertz CT molecular complexity index is 1170. The monoisotopic (exact) mass is 536 g/mol. The highest BCUT2D eigenvalue weighted by Gasteiger charge is 2.30. The van der Waals surface area contributed by atoms with E-state index in [4.69, 9.17) is 14.7 Å². The molecule has 0 radical (unpaired) electrons. The van der Waals surface area contributed by atoms with Crippen LogP contribution in [0.25, 0.3) is 11.4 Å². The van der Waals surface area contributed by atoms with E-state index in [0.29, 0.717) is 44.4 Å². The summed E-state index contributed by atoms with van der Waals surface area (Å²) < 4.78 is 5.70. The van der Waals surface area contributed by atoms with Crippen molar-refractivity contribution in [3.8, 4) is 11.4 Å². The summed E-state index contributed by atoms with van der Waals surface area (Å²) in [6, 6.07) is 7.59. The topological polar surface area (TPSA) is 106 Å². The van der Waals surface area contributed by atoms with Crippen molar-refractivity contribution in [2.75, 3.05) is 82.8 Å². The third kappa shape index (κ3) is 6.48. The number of aromatic nitrogens is 2. The fraction of sp³-hybridized carbons (Fsp3) is 0.571. The average molecular weight is 537 g/mol. The van der Waals surface area contributed by atoms with Gasteiger partial charge in [0.1, 0.15) is 5.82 Å². The van der Waals surface area contributed by atoms with Crippen LogP contribution in [0.5, 0.6) is 0 Å². The van der Waals surface area contributed by atoms with Crippen LogP contribution in [0.3, 0.4) is 0 Å². The molecule has 2 N–H and O–H groups in total. The first-order valence-corrected chi connectivity index (χ1v) is 14.0. The molecule has 0 saturated carbocycles. The number of amides is 3. The van der Waals surface area contributed by atoms with Crippen molar-refractivity contribution in [3.05, 3.63) is 35.5 Å². The number of nitrogens with one attached hydrogen (secondary N) is 2. The van der Waals surface area contributed by atoms with Gasteiger partial charge in [-0.3, -0.25) is 9.69 Å². The molecule has 1 atom stereocenters. The van der Waals surface area contributed by atoms with Gasteiger partial charge in [-0.25, -0.2) is 14.8 Å². The molecular weight excluding hydrogens is 496 g/mol. The lowest BCUT2D eigenvalue weighted by atomic mass is 10.0. The van der Waals surface area contributed by atoms with Gasteiger partial charge in [-0.2, -0.15) is 0 Å². The van der Waals surface area contributed by atoms with Crippen LogP contribution in [0.2, 0.25) is 0 Å². The molecule has 39 heavy (non-hydrogen) atoms. The number of rotatable bonds is 6. The van der Waals surface area contributed by atoms with Crippen molar-refractivity contribution in [3.63, 3.8) is 0 Å². The second kappa shape index (κ2) is 12.3. The van der Waals surface area contributed by atoms with Gasteiger partial charge in [-0.1, -0.05) is 0 Å². The van der Waals surface area contributed by atoms with Gasteiger partial charge in [-0.05, 0) is 51.6 Å². The number of morpholine rings is 1. The highest BCUT2D eigenvalue weighted by Crippen LogP contribution is 2.31. The number of ether oxygens (including phenoxy) is 1. The number of hydrogen-bond acceptors (Lipinski definition) is 8. The minimum atomic E-state index is -0.231. The Balaban J connectivity index is 1.39. The molecule has 2 aromatic rings. The molecule has 0 bridgehead atoms. The molecule has 0 aliphatic carbocycles. The fourth-order valence-corrected chi connectivity index (χ4v) is 5.39. The van der Waals surface area contributed by atoms with E-state index in [9.17, 15) is 9.59 Å². The van der Waals surface area contributed by atoms with E-state index in [1.807, 2.05) is 36.1 Å². The minimum Gasteiger partial charge on any atom is -0.377 e. The van der Waals surface area contributed by atoms with Gasteiger partial charge in [0, 0.05) is 69.2 Å². The highest BCUT2D eigenvalue weighted by molar-refractivity contribution is 5.89. The third-order valence-corrected chi connectivity index (χ3v) is 7.72. The summed E-state index contributed by atoms with van der Waals surface area (Å²) >= 11 is 0. The molecule has 210 valence electrons. The first kappa shape index (κ1) is 27.3. The summed E-state index contributed by atoms with van der Waals surface area (Å²) in [6.45, 7) is 12.0. The van der Waals surface area contributed by atoms with Crippen molar-refractivity contribution in [2.45, 2.75) is 32.9 Å². The second-order valence-corrected chi connectivity index (χ2v) is 10.6. The molecule has 3 aliphatic heterocycles. The molecule has 2 saturated heterocycles. The van der Waals surface area contributed by atoms with Gasteiger partial charge in [-0.15, -0.1) is 0 Å². The zero-order valence-electron chi connectivity index (χ0n) is 23.3. The molecule has 4 heterocycles. The van der Waals surface area contributed by atoms with E-state index in [0.717, 1.165) is 62.8 Å². The largest absolute Gasteiger partial charge is 0.377 e. The second-order valence-electron chi connectivity index (χ2n) is 10.6. The molecule has 0 spiro atoms. The molecule has 5 rings (SSSR count). The molecule has 11 heteroatoms. The summed E-state index contributed by atoms with van der Waals surface area (Å²) in [4.78, 5) is 43.9. The van der Waals surface area contributed by atoms with Crippen molar-refractivity contribution in [1.82, 2.24) is 30.0 Å². The summed E-state index contributed by atoms with van der Waals surface area (Å²) in [5, 5.41) is 5.57. The number of benzene rings is 1. The molecule has 2 fully saturated rings. The Kier molecular flexibility index (Phi) is 8.59. The van der Waals surface area contributed by atoms with Crippen LogP contribution < -0.4 is 15.5 Å². The standard InChI is InChI=1S/C28H40N8O3/c1-4-29-28(38)30-22-7-5-21(6-8-22)26-31-24-17-34(18-25(37)35-13-11-33(3)12-14-35)10-9-23(24)27(32-26)36-15-16-39-19-20(36)2/h5-8,20H,4,9-19H2,1-3H3,(H2,29,30,38)/t20-/m0/s1. The normalized spacial score (nSPS) is 20.4. The first-order valence-electron chi connectivity index (χ1n) is 14.0. The van der Waals surface area contributed by atoms with Gasteiger partial charge in [0.2, 0.25) is 5.91 Å². The van der Waals surface area contributed by atoms with Gasteiger partial charge >= 0.3 is 6.03 Å². The number of piperazine rings is 1. The molecule has 3 amide bonds. The molecular formula is C28H40N8O3. The van der Waals surface area contributed by atoms with E-state index < -0.39 is 0 Å². The minimum absolute atomic E-state index is 0.193. The maximum atomic E-state index is 13.1. The lowest BCUT2D eigenvalue weighted by molar-refractivity contribution is -0.134. The summed E-state index contributed by atoms with van der Waals surface area (Å²) in [5.41, 5.74) is 3.74. The van der Waals surface area contributed by atoms with Crippen LogP contribution >= 0.6 is 0 Å². The number of anilines is 2. The lowest BCUT2D eigenvalue weighted by Crippen LogP contribution is -2.50. The Morgan fingerprint density at radius 2 is 1.82 bits per heavy atom. The summed E-state index contributed by atoms with van der Waals surface area (Å²) in [6.07, 6.45) is 0.806. The molecule has 11 nitrogen and oxygen atoms in total. The predicted octanol–water partition coefficient (Wildman–Crippen LogP) is 1.64. The zero-order chi connectivity index (χ0) is 27.4. The maximum absolute atomic E-state index is 13.1. The van der Waals surface area contributed by atoms with Gasteiger partial charge in [0.25, 0.3) is 0 Å². The zero-order valence-corrected chi connectivity index (χ0v) is 23.3. The first-order chi connectivity index (χ1) is 18.9. The van der Waals surface area contributed by atoms with Crippen molar-refractivity contribution < 1.29 is 14.3 Å². The third-order valence-electron chi connectivity index (χ3n) is 7.72. The number of urea groups is 1. The van der Waals surface area contributed by atoms with Crippen molar-refractivity contribution >= 4 is 23.4 Å². The van der Waals surface area contributed by atoms with Crippen LogP contribution in [-0.4, -0.2) is 115 Å². The van der Waals surface area contributed by atoms with Crippen LogP contribution in [0.1, 0.15) is 25.1 Å². The summed E-state index contributed by atoms with van der Waals surface area (Å²) in [7, 11) is 2.10. The van der Waals surface area contributed by atoms with E-state index >= 15 is 0 Å². The molecule has 1 aromatic carbocycles. The van der Waals surface area contributed by atoms with Gasteiger partial charge < -0.3 is 30.1 Å². The van der Waals surface area contributed by atoms with Gasteiger partial charge in [0.15, 0.2) is 5.82 Å². The number of nitrogens with zero attached hydrogens (tertiary/aromatic N) is 6. The van der Waals surface area contributed by atoms with Crippen LogP contribution in [0, 0.1) is 0 Å².